The van der Waals surface area contributed by atoms with Crippen molar-refractivity contribution >= 4 is 28.7 Å². The van der Waals surface area contributed by atoms with Gasteiger partial charge in [0.15, 0.2) is 11.3 Å². The minimum Gasteiger partial charge on any atom is -0.320 e. The largest absolute Gasteiger partial charge is 0.375 e. The van der Waals surface area contributed by atoms with E-state index >= 15 is 0 Å². The molecule has 0 saturated carbocycles. The molecule has 1 heterocycles. The van der Waals surface area contributed by atoms with Gasteiger partial charge < -0.3 is 9.79 Å². The molecule has 0 aliphatic carbocycles. The molecule has 0 aromatic heterocycles. The van der Waals surface area contributed by atoms with Crippen molar-refractivity contribution in [3.05, 3.63) is 59.7 Å². The number of hydrogen-bond donors (Lipinski definition) is 3. The van der Waals surface area contributed by atoms with Gasteiger partial charge in [0.05, 0.1) is 4.90 Å². The first-order valence-electron chi connectivity index (χ1n) is 6.40. The highest BCUT2D eigenvalue weighted by atomic mass is 32.2. The van der Waals surface area contributed by atoms with E-state index < -0.39 is 28.7 Å². The molecule has 0 saturated heterocycles. The molecule has 0 radical (unpaired) electrons. The van der Waals surface area contributed by atoms with E-state index in [1.807, 2.05) is 0 Å². The van der Waals surface area contributed by atoms with E-state index in [1.54, 1.807) is 18.2 Å². The molecule has 3 N–H and O–H groups in total. The topological polar surface area (TPSA) is 128 Å². The lowest BCUT2D eigenvalue weighted by Gasteiger charge is -2.09. The molecule has 3 rings (SSSR count). The Kier molecular flexibility index (Phi) is 3.57. The molecule has 9 heteroatoms. The Morgan fingerprint density at radius 2 is 1.70 bits per heavy atom. The summed E-state index contributed by atoms with van der Waals surface area (Å²) in [6.45, 7) is 0. The fraction of sp³-hybridized carbons (Fsp3) is 0. The molecular formula is C14H11N2O5PS. The SMILES string of the molecule is N=C(N=C(c1ccccc1)P(=O)(O)O)c1cccc2c1S2(=O)=O. The Morgan fingerprint density at radius 3 is 2.30 bits per heavy atom. The van der Waals surface area contributed by atoms with Gasteiger partial charge in [-0.2, -0.15) is 0 Å². The number of rotatable bonds is 3. The number of benzene rings is 2. The molecule has 0 bridgehead atoms. The summed E-state index contributed by atoms with van der Waals surface area (Å²) in [5, 5.41) is 7.94. The predicted molar refractivity (Wildman–Crippen MR) is 83.7 cm³/mol. The molecule has 2 aromatic rings. The zero-order valence-electron chi connectivity index (χ0n) is 11.5. The first-order chi connectivity index (χ1) is 10.7. The van der Waals surface area contributed by atoms with E-state index in [9.17, 15) is 22.8 Å². The normalized spacial score (nSPS) is 15.8. The molecule has 7 nitrogen and oxygen atoms in total. The zero-order chi connectivity index (χ0) is 16.8. The van der Waals surface area contributed by atoms with Crippen molar-refractivity contribution in [3.8, 4) is 0 Å². The minimum absolute atomic E-state index is 0.00752. The third-order valence-electron chi connectivity index (χ3n) is 3.28. The molecular weight excluding hydrogens is 339 g/mol. The fourth-order valence-electron chi connectivity index (χ4n) is 2.20. The van der Waals surface area contributed by atoms with Gasteiger partial charge in [0.25, 0.3) is 0 Å². The fourth-order valence-corrected chi connectivity index (χ4v) is 4.42. The molecule has 0 unspecified atom stereocenters. The lowest BCUT2D eigenvalue weighted by molar-refractivity contribution is 0.391. The van der Waals surface area contributed by atoms with E-state index in [2.05, 4.69) is 4.99 Å². The van der Waals surface area contributed by atoms with Gasteiger partial charge in [-0.15, -0.1) is 0 Å². The Balaban J connectivity index is 2.10. The van der Waals surface area contributed by atoms with Crippen molar-refractivity contribution < 1.29 is 22.8 Å². The summed E-state index contributed by atoms with van der Waals surface area (Å²) >= 11 is 0. The molecule has 23 heavy (non-hydrogen) atoms. The Bertz CT molecular complexity index is 993. The maximum absolute atomic E-state index is 11.7. The van der Waals surface area contributed by atoms with Crippen LogP contribution in [0.3, 0.4) is 0 Å². The average Bonchev–Trinajstić information content (AvgIpc) is 3.07. The third kappa shape index (κ3) is 2.77. The molecule has 118 valence electrons. The van der Waals surface area contributed by atoms with E-state index in [4.69, 9.17) is 5.41 Å². The van der Waals surface area contributed by atoms with Crippen LogP contribution < -0.4 is 0 Å². The minimum atomic E-state index is -4.74. The van der Waals surface area contributed by atoms with Gasteiger partial charge in [-0.1, -0.05) is 36.4 Å². The van der Waals surface area contributed by atoms with Crippen LogP contribution in [0, 0.1) is 5.41 Å². The second kappa shape index (κ2) is 5.21. The van der Waals surface area contributed by atoms with Gasteiger partial charge in [-0.25, -0.2) is 13.4 Å². The highest BCUT2D eigenvalue weighted by Gasteiger charge is 2.42. The van der Waals surface area contributed by atoms with Crippen molar-refractivity contribution in [2.24, 2.45) is 4.99 Å². The summed E-state index contributed by atoms with van der Waals surface area (Å²) in [6, 6.07) is 12.0. The van der Waals surface area contributed by atoms with Crippen molar-refractivity contribution in [2.75, 3.05) is 0 Å². The molecule has 0 atom stereocenters. The van der Waals surface area contributed by atoms with Crippen molar-refractivity contribution in [1.82, 2.24) is 0 Å². The van der Waals surface area contributed by atoms with Crippen LogP contribution in [-0.4, -0.2) is 29.5 Å². The van der Waals surface area contributed by atoms with E-state index in [0.717, 1.165) is 0 Å². The number of hydrogen-bond acceptors (Lipinski definition) is 4. The Morgan fingerprint density at radius 1 is 1.04 bits per heavy atom. The van der Waals surface area contributed by atoms with Crippen LogP contribution in [0.15, 0.2) is 63.3 Å². The monoisotopic (exact) mass is 350 g/mol. The standard InChI is InChI=1S/C14H11N2O5PS/c15-13(10-7-4-8-11-12(10)23(11,20)21)16-14(22(17,18)19)9-5-2-1-3-6-9/h1-8,15H,(H2,17,18,19). The number of nitrogens with one attached hydrogen (secondary N) is 1. The number of fused-ring (bicyclic) bond motifs is 1. The summed E-state index contributed by atoms with van der Waals surface area (Å²) in [4.78, 5) is 22.8. The smallest absolute Gasteiger partial charge is 0.320 e. The van der Waals surface area contributed by atoms with Crippen molar-refractivity contribution in [3.63, 3.8) is 0 Å². The Labute approximate surface area is 131 Å². The zero-order valence-corrected chi connectivity index (χ0v) is 13.3. The summed E-state index contributed by atoms with van der Waals surface area (Å²) < 4.78 is 35.1. The average molecular weight is 350 g/mol. The molecule has 0 amide bonds. The molecule has 1 aliphatic rings. The number of aliphatic imine (C=N–C) groups is 1. The summed E-state index contributed by atoms with van der Waals surface area (Å²) in [6.07, 6.45) is 0. The summed E-state index contributed by atoms with van der Waals surface area (Å²) in [5.41, 5.74) is -0.367. The van der Waals surface area contributed by atoms with Gasteiger partial charge in [0.2, 0.25) is 9.84 Å². The maximum Gasteiger partial charge on any atom is 0.375 e. The Hall–Kier alpha value is -2.12. The second-order valence-corrected chi connectivity index (χ2v) is 8.20. The number of sulfone groups is 1. The van der Waals surface area contributed by atoms with Gasteiger partial charge in [-0.3, -0.25) is 9.97 Å². The molecule has 0 fully saturated rings. The van der Waals surface area contributed by atoms with Gasteiger partial charge in [0, 0.05) is 11.1 Å². The van der Waals surface area contributed by atoms with E-state index in [-0.39, 0.29) is 20.9 Å². The number of amidine groups is 1. The first kappa shape index (κ1) is 15.8. The highest BCUT2D eigenvalue weighted by Crippen LogP contribution is 2.44. The van der Waals surface area contributed by atoms with Crippen LogP contribution in [0.5, 0.6) is 0 Å². The van der Waals surface area contributed by atoms with Crippen LogP contribution >= 0.6 is 7.60 Å². The second-order valence-electron chi connectivity index (χ2n) is 4.83. The lowest BCUT2D eigenvalue weighted by atomic mass is 10.2. The van der Waals surface area contributed by atoms with Crippen molar-refractivity contribution in [1.29, 1.82) is 5.41 Å². The first-order valence-corrected chi connectivity index (χ1v) is 9.50. The van der Waals surface area contributed by atoms with E-state index in [1.165, 1.54) is 30.3 Å². The van der Waals surface area contributed by atoms with Crippen LogP contribution in [0.25, 0.3) is 0 Å². The van der Waals surface area contributed by atoms with E-state index in [0.29, 0.717) is 0 Å². The number of nitrogens with zero attached hydrogens (tertiary/aromatic N) is 1. The quantitative estimate of drug-likeness (QED) is 0.287. The summed E-state index contributed by atoms with van der Waals surface area (Å²) in [5.74, 6) is -0.509. The molecule has 1 aliphatic heterocycles. The highest BCUT2D eigenvalue weighted by molar-refractivity contribution is 7.97. The van der Waals surface area contributed by atoms with Gasteiger partial charge in [0.1, 0.15) is 4.90 Å². The van der Waals surface area contributed by atoms with Gasteiger partial charge in [-0.05, 0) is 12.1 Å². The maximum atomic E-state index is 11.7. The van der Waals surface area contributed by atoms with Crippen LogP contribution in [0.4, 0.5) is 0 Å². The molecule has 2 aromatic carbocycles. The van der Waals surface area contributed by atoms with Gasteiger partial charge >= 0.3 is 7.60 Å². The van der Waals surface area contributed by atoms with Crippen LogP contribution in [0.2, 0.25) is 0 Å². The van der Waals surface area contributed by atoms with Crippen LogP contribution in [-0.2, 0) is 14.4 Å². The summed E-state index contributed by atoms with van der Waals surface area (Å²) in [7, 11) is -8.23. The van der Waals surface area contributed by atoms with Crippen LogP contribution in [0.1, 0.15) is 11.1 Å². The lowest BCUT2D eigenvalue weighted by Crippen LogP contribution is -2.07. The predicted octanol–water partition coefficient (Wildman–Crippen LogP) is 1.78. The third-order valence-corrected chi connectivity index (χ3v) is 5.88. The van der Waals surface area contributed by atoms with Crippen molar-refractivity contribution in [2.45, 2.75) is 9.79 Å². The molecule has 0 spiro atoms.